The third-order valence-electron chi connectivity index (χ3n) is 3.87. The number of thioether (sulfide) groups is 1. The van der Waals surface area contributed by atoms with Crippen LogP contribution in [-0.4, -0.2) is 57.7 Å². The van der Waals surface area contributed by atoms with Crippen molar-refractivity contribution >= 4 is 39.2 Å². The molecule has 1 aromatic heterocycles. The molecule has 1 aromatic carbocycles. The number of benzene rings is 1. The number of aromatic nitrogens is 2. The van der Waals surface area contributed by atoms with Crippen LogP contribution in [0.25, 0.3) is 5.69 Å². The van der Waals surface area contributed by atoms with E-state index in [1.54, 1.807) is 24.3 Å². The zero-order valence-electron chi connectivity index (χ0n) is 13.7. The van der Waals surface area contributed by atoms with Crippen molar-refractivity contribution in [3.05, 3.63) is 42.2 Å². The number of nitrogens with one attached hydrogen (secondary N) is 1. The van der Waals surface area contributed by atoms with E-state index in [0.29, 0.717) is 17.8 Å². The number of hydrogen-bond acceptors (Lipinski definition) is 6. The predicted molar refractivity (Wildman–Crippen MR) is 98.7 cm³/mol. The second-order valence-corrected chi connectivity index (χ2v) is 9.37. The molecule has 0 bridgehead atoms. The number of carboxylic acid groups (broad SMARTS) is 1. The summed E-state index contributed by atoms with van der Waals surface area (Å²) in [5.41, 5.74) is 0.947. The molecule has 0 saturated carbocycles. The molecule has 1 unspecified atom stereocenters. The molecule has 1 atom stereocenters. The molecule has 138 valence electrons. The van der Waals surface area contributed by atoms with Gasteiger partial charge in [0.2, 0.25) is 5.91 Å². The summed E-state index contributed by atoms with van der Waals surface area (Å²) in [6.45, 7) is 0. The quantitative estimate of drug-likeness (QED) is 0.759. The van der Waals surface area contributed by atoms with Crippen LogP contribution in [0.3, 0.4) is 0 Å². The van der Waals surface area contributed by atoms with Crippen LogP contribution in [0.1, 0.15) is 16.9 Å². The minimum absolute atomic E-state index is 0.0507. The number of carbonyl (C=O) groups is 2. The largest absolute Gasteiger partial charge is 0.476 e. The van der Waals surface area contributed by atoms with Crippen molar-refractivity contribution in [3.63, 3.8) is 0 Å². The van der Waals surface area contributed by atoms with Crippen LogP contribution >= 0.6 is 11.8 Å². The Bertz CT molecular complexity index is 939. The minimum Gasteiger partial charge on any atom is -0.476 e. The monoisotopic (exact) mass is 395 g/mol. The maximum atomic E-state index is 12.2. The Morgan fingerprint density at radius 2 is 2.08 bits per heavy atom. The van der Waals surface area contributed by atoms with Gasteiger partial charge in [-0.1, -0.05) is 12.1 Å². The van der Waals surface area contributed by atoms with Crippen molar-refractivity contribution in [1.29, 1.82) is 0 Å². The molecule has 1 aliphatic rings. The summed E-state index contributed by atoms with van der Waals surface area (Å²) in [7, 11) is -2.96. The highest BCUT2D eigenvalue weighted by atomic mass is 32.2. The maximum Gasteiger partial charge on any atom is 0.356 e. The molecule has 2 aromatic rings. The number of sulfone groups is 1. The first-order chi connectivity index (χ1) is 12.3. The van der Waals surface area contributed by atoms with Gasteiger partial charge in [-0.15, -0.1) is 11.8 Å². The third kappa shape index (κ3) is 4.44. The molecular weight excluding hydrogens is 378 g/mol. The van der Waals surface area contributed by atoms with Crippen LogP contribution in [0.5, 0.6) is 0 Å². The molecule has 1 saturated heterocycles. The summed E-state index contributed by atoms with van der Waals surface area (Å²) in [5, 5.41) is 15.7. The number of carboxylic acids is 1. The predicted octanol–water partition coefficient (Wildman–Crippen LogP) is 1.43. The minimum atomic E-state index is -2.96. The first kappa shape index (κ1) is 18.5. The Hall–Kier alpha value is -2.33. The van der Waals surface area contributed by atoms with Gasteiger partial charge in [0.05, 0.1) is 28.6 Å². The maximum absolute atomic E-state index is 12.2. The van der Waals surface area contributed by atoms with Crippen LogP contribution in [0, 0.1) is 0 Å². The van der Waals surface area contributed by atoms with Crippen molar-refractivity contribution < 1.29 is 23.1 Å². The highest BCUT2D eigenvalue weighted by Crippen LogP contribution is 2.25. The van der Waals surface area contributed by atoms with Crippen molar-refractivity contribution in [2.45, 2.75) is 11.7 Å². The summed E-state index contributed by atoms with van der Waals surface area (Å²) in [6.07, 6.45) is 2.08. The molecule has 2 heterocycles. The lowest BCUT2D eigenvalue weighted by atomic mass is 10.2. The Labute approximate surface area is 154 Å². The zero-order chi connectivity index (χ0) is 18.7. The molecule has 2 N–H and O–H groups in total. The van der Waals surface area contributed by atoms with Gasteiger partial charge in [0.15, 0.2) is 15.5 Å². The lowest BCUT2D eigenvalue weighted by Gasteiger charge is -2.12. The van der Waals surface area contributed by atoms with Crippen LogP contribution in [0.2, 0.25) is 0 Å². The van der Waals surface area contributed by atoms with E-state index >= 15 is 0 Å². The average molecular weight is 395 g/mol. The lowest BCUT2D eigenvalue weighted by Crippen LogP contribution is -2.18. The highest BCUT2D eigenvalue weighted by Gasteiger charge is 2.28. The van der Waals surface area contributed by atoms with Crippen LogP contribution < -0.4 is 5.32 Å². The van der Waals surface area contributed by atoms with E-state index in [-0.39, 0.29) is 34.1 Å². The van der Waals surface area contributed by atoms with Gasteiger partial charge in [-0.2, -0.15) is 5.10 Å². The fourth-order valence-electron chi connectivity index (χ4n) is 2.62. The van der Waals surface area contributed by atoms with E-state index in [2.05, 4.69) is 10.4 Å². The molecule has 3 rings (SSSR count). The van der Waals surface area contributed by atoms with Gasteiger partial charge in [-0.3, -0.25) is 4.79 Å². The Balaban J connectivity index is 1.66. The number of amides is 1. The molecule has 0 radical (unpaired) electrons. The van der Waals surface area contributed by atoms with Gasteiger partial charge in [0.25, 0.3) is 0 Å². The van der Waals surface area contributed by atoms with E-state index in [4.69, 9.17) is 5.11 Å². The third-order valence-corrected chi connectivity index (χ3v) is 7.16. The normalized spacial score (nSPS) is 18.5. The SMILES string of the molecule is O=C(CSC1CCS(=O)(=O)C1)Nc1ccccc1-n1ccc(C(=O)O)n1. The average Bonchev–Trinajstić information content (AvgIpc) is 3.20. The number of para-hydroxylation sites is 2. The number of carbonyl (C=O) groups excluding carboxylic acids is 1. The number of rotatable bonds is 6. The molecule has 8 nitrogen and oxygen atoms in total. The standard InChI is InChI=1S/C16H17N3O5S2/c20-15(9-25-11-6-8-26(23,24)10-11)17-12-3-1-2-4-14(12)19-7-5-13(18-19)16(21)22/h1-5,7,11H,6,8-10H2,(H,17,20)(H,21,22). The second kappa shape index (κ2) is 7.50. The second-order valence-electron chi connectivity index (χ2n) is 5.85. The summed E-state index contributed by atoms with van der Waals surface area (Å²) in [5.74, 6) is -0.938. The van der Waals surface area contributed by atoms with Crippen molar-refractivity contribution in [2.24, 2.45) is 0 Å². The van der Waals surface area contributed by atoms with Crippen molar-refractivity contribution in [2.75, 3.05) is 22.6 Å². The Morgan fingerprint density at radius 1 is 1.31 bits per heavy atom. The summed E-state index contributed by atoms with van der Waals surface area (Å²) in [6, 6.07) is 8.28. The van der Waals surface area contributed by atoms with E-state index in [1.165, 1.54) is 28.7 Å². The molecule has 0 spiro atoms. The Morgan fingerprint density at radius 3 is 2.73 bits per heavy atom. The van der Waals surface area contributed by atoms with E-state index in [9.17, 15) is 18.0 Å². The van der Waals surface area contributed by atoms with Crippen molar-refractivity contribution in [3.8, 4) is 5.69 Å². The fraction of sp³-hybridized carbons (Fsp3) is 0.312. The molecular formula is C16H17N3O5S2. The smallest absolute Gasteiger partial charge is 0.356 e. The van der Waals surface area contributed by atoms with Crippen molar-refractivity contribution in [1.82, 2.24) is 9.78 Å². The number of nitrogens with zero attached hydrogens (tertiary/aromatic N) is 2. The Kier molecular flexibility index (Phi) is 5.33. The van der Waals surface area contributed by atoms with E-state index in [0.717, 1.165) is 0 Å². The first-order valence-corrected chi connectivity index (χ1v) is 10.7. The van der Waals surface area contributed by atoms with Gasteiger partial charge >= 0.3 is 5.97 Å². The first-order valence-electron chi connectivity index (χ1n) is 7.84. The molecule has 10 heteroatoms. The topological polar surface area (TPSA) is 118 Å². The van der Waals surface area contributed by atoms with Crippen LogP contribution in [0.15, 0.2) is 36.5 Å². The zero-order valence-corrected chi connectivity index (χ0v) is 15.3. The fourth-order valence-corrected chi connectivity index (χ4v) is 6.07. The summed E-state index contributed by atoms with van der Waals surface area (Å²) < 4.78 is 24.3. The van der Waals surface area contributed by atoms with Crippen LogP contribution in [-0.2, 0) is 14.6 Å². The highest BCUT2D eigenvalue weighted by molar-refractivity contribution is 8.02. The van der Waals surface area contributed by atoms with E-state index in [1.807, 2.05) is 0 Å². The van der Waals surface area contributed by atoms with Gasteiger partial charge < -0.3 is 10.4 Å². The van der Waals surface area contributed by atoms with Gasteiger partial charge in [0, 0.05) is 11.4 Å². The summed E-state index contributed by atoms with van der Waals surface area (Å²) >= 11 is 1.33. The van der Waals surface area contributed by atoms with Gasteiger partial charge in [-0.05, 0) is 24.6 Å². The summed E-state index contributed by atoms with van der Waals surface area (Å²) in [4.78, 5) is 23.2. The number of hydrogen-bond donors (Lipinski definition) is 2. The molecule has 1 fully saturated rings. The number of aromatic carboxylic acids is 1. The van der Waals surface area contributed by atoms with E-state index < -0.39 is 15.8 Å². The van der Waals surface area contributed by atoms with Crippen LogP contribution in [0.4, 0.5) is 5.69 Å². The molecule has 1 amide bonds. The van der Waals surface area contributed by atoms with Gasteiger partial charge in [0.1, 0.15) is 0 Å². The number of anilines is 1. The molecule has 0 aliphatic carbocycles. The molecule has 1 aliphatic heterocycles. The molecule has 26 heavy (non-hydrogen) atoms. The lowest BCUT2D eigenvalue weighted by molar-refractivity contribution is -0.113. The van der Waals surface area contributed by atoms with Gasteiger partial charge in [-0.25, -0.2) is 17.9 Å².